The predicted molar refractivity (Wildman–Crippen MR) is 88.0 cm³/mol. The molecule has 0 aliphatic rings. The molecular formula is C16H29N3O3. The first-order valence-corrected chi connectivity index (χ1v) is 7.85. The molecule has 1 aromatic rings. The van der Waals surface area contributed by atoms with Gasteiger partial charge in [-0.1, -0.05) is 46.0 Å². The number of amides is 1. The Kier molecular flexibility index (Phi) is 13.2. The molecule has 1 N–H and O–H groups in total. The van der Waals surface area contributed by atoms with E-state index in [0.29, 0.717) is 6.61 Å². The number of anilines is 1. The second-order valence-corrected chi connectivity index (χ2v) is 4.90. The molecule has 0 aromatic carbocycles. The van der Waals surface area contributed by atoms with Crippen molar-refractivity contribution in [3.63, 3.8) is 0 Å². The summed E-state index contributed by atoms with van der Waals surface area (Å²) < 4.78 is 9.48. The Balaban J connectivity index is 0.000000534. The molecule has 1 heterocycles. The number of carbonyl (C=O) groups excluding carboxylic acids is 1. The molecule has 126 valence electrons. The summed E-state index contributed by atoms with van der Waals surface area (Å²) in [4.78, 5) is 18.9. The highest BCUT2D eigenvalue weighted by molar-refractivity contribution is 5.82. The smallest absolute Gasteiger partial charge is 0.414 e. The van der Waals surface area contributed by atoms with Gasteiger partial charge in [0.05, 0.1) is 6.61 Å². The van der Waals surface area contributed by atoms with Crippen molar-refractivity contribution in [1.29, 1.82) is 0 Å². The molecule has 0 radical (unpaired) electrons. The normalized spacial score (nSPS) is 9.64. The van der Waals surface area contributed by atoms with Gasteiger partial charge >= 0.3 is 6.09 Å². The Hall–Kier alpha value is -1.69. The van der Waals surface area contributed by atoms with Gasteiger partial charge in [0.15, 0.2) is 0 Å². The summed E-state index contributed by atoms with van der Waals surface area (Å²) in [5.41, 5.74) is 0.924. The zero-order valence-electron chi connectivity index (χ0n) is 14.2. The van der Waals surface area contributed by atoms with Crippen molar-refractivity contribution < 1.29 is 14.3 Å². The molecule has 0 aliphatic carbocycles. The molecule has 0 spiro atoms. The molecular weight excluding hydrogens is 282 g/mol. The Labute approximate surface area is 133 Å². The van der Waals surface area contributed by atoms with Crippen molar-refractivity contribution in [3.05, 3.63) is 18.0 Å². The fraction of sp³-hybridized carbons (Fsp3) is 0.688. The lowest BCUT2D eigenvalue weighted by Crippen LogP contribution is -2.17. The summed E-state index contributed by atoms with van der Waals surface area (Å²) in [5, 5.41) is 2.39. The largest absolute Gasteiger partial charge is 0.447 e. The molecule has 22 heavy (non-hydrogen) atoms. The number of aromatic nitrogens is 2. The van der Waals surface area contributed by atoms with E-state index in [-0.39, 0.29) is 12.6 Å². The second-order valence-electron chi connectivity index (χ2n) is 4.90. The number of carbonyl (C=O) groups is 1. The standard InChI is InChI=1S/C9H13N3O3.C7H16/c1-7-5-10-8(11-6-7)12-9(13)15-4-3-14-2;1-3-5-7-6-4-2/h5-6H,3-4H2,1-2H3,(H,10,11,12,13);3-7H2,1-2H3. The van der Waals surface area contributed by atoms with E-state index in [1.807, 2.05) is 6.92 Å². The number of aryl methyl sites for hydroxylation is 1. The van der Waals surface area contributed by atoms with E-state index >= 15 is 0 Å². The SMILES string of the molecule is CCCCCCC.COCCOC(=O)Nc1ncc(C)cn1. The van der Waals surface area contributed by atoms with Gasteiger partial charge < -0.3 is 9.47 Å². The summed E-state index contributed by atoms with van der Waals surface area (Å²) in [6.45, 7) is 6.92. The van der Waals surface area contributed by atoms with Crippen LogP contribution in [0.2, 0.25) is 0 Å². The maximum atomic E-state index is 11.1. The Morgan fingerprint density at radius 1 is 1.09 bits per heavy atom. The number of nitrogens with one attached hydrogen (secondary N) is 1. The molecule has 6 nitrogen and oxygen atoms in total. The van der Waals surface area contributed by atoms with Gasteiger partial charge in [-0.15, -0.1) is 0 Å². The number of ether oxygens (including phenoxy) is 2. The van der Waals surface area contributed by atoms with Gasteiger partial charge in [-0.2, -0.15) is 0 Å². The third kappa shape index (κ3) is 12.1. The molecule has 0 saturated heterocycles. The second kappa shape index (κ2) is 14.3. The van der Waals surface area contributed by atoms with Crippen molar-refractivity contribution in [2.75, 3.05) is 25.6 Å². The third-order valence-electron chi connectivity index (χ3n) is 2.72. The lowest BCUT2D eigenvalue weighted by molar-refractivity contribution is 0.107. The molecule has 0 bridgehead atoms. The quantitative estimate of drug-likeness (QED) is 0.736. The Morgan fingerprint density at radius 2 is 1.68 bits per heavy atom. The van der Waals surface area contributed by atoms with Crippen molar-refractivity contribution in [2.45, 2.75) is 52.9 Å². The van der Waals surface area contributed by atoms with Gasteiger partial charge in [0.1, 0.15) is 6.61 Å². The van der Waals surface area contributed by atoms with Crippen molar-refractivity contribution in [1.82, 2.24) is 9.97 Å². The van der Waals surface area contributed by atoms with Crippen LogP contribution in [-0.4, -0.2) is 36.4 Å². The molecule has 0 saturated carbocycles. The van der Waals surface area contributed by atoms with Crippen molar-refractivity contribution in [2.24, 2.45) is 0 Å². The minimum atomic E-state index is -0.587. The van der Waals surface area contributed by atoms with Crippen LogP contribution in [0, 0.1) is 6.92 Å². The van der Waals surface area contributed by atoms with Crippen LogP contribution in [0.4, 0.5) is 10.7 Å². The molecule has 0 atom stereocenters. The van der Waals surface area contributed by atoms with E-state index in [2.05, 4.69) is 29.1 Å². The summed E-state index contributed by atoms with van der Waals surface area (Å²) in [5.74, 6) is 0.225. The molecule has 1 amide bonds. The number of unbranched alkanes of at least 4 members (excludes halogenated alkanes) is 4. The van der Waals surface area contributed by atoms with E-state index in [1.54, 1.807) is 12.4 Å². The van der Waals surface area contributed by atoms with E-state index in [1.165, 1.54) is 39.2 Å². The van der Waals surface area contributed by atoms with Crippen LogP contribution in [0.1, 0.15) is 51.5 Å². The summed E-state index contributed by atoms with van der Waals surface area (Å²) >= 11 is 0. The van der Waals surface area contributed by atoms with Crippen LogP contribution >= 0.6 is 0 Å². The fourth-order valence-electron chi connectivity index (χ4n) is 1.48. The summed E-state index contributed by atoms with van der Waals surface area (Å²) in [6.07, 6.45) is 9.64. The van der Waals surface area contributed by atoms with Crippen LogP contribution in [0.3, 0.4) is 0 Å². The first-order valence-electron chi connectivity index (χ1n) is 7.85. The highest BCUT2D eigenvalue weighted by atomic mass is 16.6. The monoisotopic (exact) mass is 311 g/mol. The van der Waals surface area contributed by atoms with Gasteiger partial charge in [-0.05, 0) is 12.5 Å². The average Bonchev–Trinajstić information content (AvgIpc) is 2.51. The van der Waals surface area contributed by atoms with Gasteiger partial charge in [0.25, 0.3) is 0 Å². The van der Waals surface area contributed by atoms with E-state index in [4.69, 9.17) is 9.47 Å². The number of hydrogen-bond donors (Lipinski definition) is 1. The van der Waals surface area contributed by atoms with Gasteiger partial charge in [-0.3, -0.25) is 5.32 Å². The maximum Gasteiger partial charge on any atom is 0.414 e. The van der Waals surface area contributed by atoms with Gasteiger partial charge in [0.2, 0.25) is 5.95 Å². The maximum absolute atomic E-state index is 11.1. The first kappa shape index (κ1) is 20.3. The van der Waals surface area contributed by atoms with E-state index in [9.17, 15) is 4.79 Å². The summed E-state index contributed by atoms with van der Waals surface area (Å²) in [6, 6.07) is 0. The minimum Gasteiger partial charge on any atom is -0.447 e. The number of hydrogen-bond acceptors (Lipinski definition) is 5. The van der Waals surface area contributed by atoms with Crippen LogP contribution in [0.15, 0.2) is 12.4 Å². The predicted octanol–water partition coefficient (Wildman–Crippen LogP) is 3.96. The van der Waals surface area contributed by atoms with E-state index < -0.39 is 6.09 Å². The molecule has 6 heteroatoms. The number of rotatable bonds is 8. The topological polar surface area (TPSA) is 73.3 Å². The zero-order chi connectivity index (χ0) is 16.6. The molecule has 1 rings (SSSR count). The third-order valence-corrected chi connectivity index (χ3v) is 2.72. The van der Waals surface area contributed by atoms with Gasteiger partial charge in [-0.25, -0.2) is 14.8 Å². The highest BCUT2D eigenvalue weighted by Gasteiger charge is 2.03. The van der Waals surface area contributed by atoms with Crippen LogP contribution in [0.25, 0.3) is 0 Å². The van der Waals surface area contributed by atoms with Crippen molar-refractivity contribution >= 4 is 12.0 Å². The fourth-order valence-corrected chi connectivity index (χ4v) is 1.48. The molecule has 0 unspecified atom stereocenters. The highest BCUT2D eigenvalue weighted by Crippen LogP contribution is 2.00. The van der Waals surface area contributed by atoms with Crippen LogP contribution < -0.4 is 5.32 Å². The average molecular weight is 311 g/mol. The van der Waals surface area contributed by atoms with Gasteiger partial charge in [0, 0.05) is 19.5 Å². The number of nitrogens with zero attached hydrogens (tertiary/aromatic N) is 2. The van der Waals surface area contributed by atoms with E-state index in [0.717, 1.165) is 5.56 Å². The lowest BCUT2D eigenvalue weighted by Gasteiger charge is -2.04. The summed E-state index contributed by atoms with van der Waals surface area (Å²) in [7, 11) is 1.53. The van der Waals surface area contributed by atoms with Crippen LogP contribution in [0.5, 0.6) is 0 Å². The van der Waals surface area contributed by atoms with Crippen LogP contribution in [-0.2, 0) is 9.47 Å². The minimum absolute atomic E-state index is 0.203. The number of methoxy groups -OCH3 is 1. The Bertz CT molecular complexity index is 379. The first-order chi connectivity index (χ1) is 10.6. The molecule has 1 aromatic heterocycles. The Morgan fingerprint density at radius 3 is 2.18 bits per heavy atom. The molecule has 0 fully saturated rings. The van der Waals surface area contributed by atoms with Crippen molar-refractivity contribution in [3.8, 4) is 0 Å². The zero-order valence-corrected chi connectivity index (χ0v) is 14.2. The molecule has 0 aliphatic heterocycles. The lowest BCUT2D eigenvalue weighted by atomic mass is 10.2.